The second kappa shape index (κ2) is 4.60. The summed E-state index contributed by atoms with van der Waals surface area (Å²) in [6.07, 6.45) is 0.143. The molecule has 3 rings (SSSR count). The second-order valence-electron chi connectivity index (χ2n) is 5.12. The van der Waals surface area contributed by atoms with Crippen molar-refractivity contribution >= 4 is 11.6 Å². The highest BCUT2D eigenvalue weighted by molar-refractivity contribution is 5.47. The van der Waals surface area contributed by atoms with Crippen molar-refractivity contribution in [2.24, 2.45) is 5.92 Å². The molecular weight excluding hydrogens is 271 g/mol. The Morgan fingerprint density at radius 2 is 2.15 bits per heavy atom. The number of anilines is 1. The Balaban J connectivity index is 1.95. The van der Waals surface area contributed by atoms with Crippen LogP contribution in [-0.2, 0) is 6.18 Å². The summed E-state index contributed by atoms with van der Waals surface area (Å²) in [4.78, 5) is 9.03. The van der Waals surface area contributed by atoms with E-state index in [1.165, 1.54) is 23.7 Å². The molecule has 0 aliphatic heterocycles. The Hall–Kier alpha value is -1.86. The molecule has 0 N–H and O–H groups in total. The fourth-order valence-corrected chi connectivity index (χ4v) is 2.11. The molecule has 0 amide bonds. The van der Waals surface area contributed by atoms with Crippen molar-refractivity contribution in [2.45, 2.75) is 25.4 Å². The number of alkyl halides is 3. The molecule has 0 bridgehead atoms. The summed E-state index contributed by atoms with van der Waals surface area (Å²) in [5, 5.41) is 3.94. The minimum atomic E-state index is -4.49. The molecule has 0 radical (unpaired) electrons. The van der Waals surface area contributed by atoms with Crippen molar-refractivity contribution < 1.29 is 13.2 Å². The van der Waals surface area contributed by atoms with Gasteiger partial charge in [0.2, 0.25) is 0 Å². The van der Waals surface area contributed by atoms with Gasteiger partial charge in [-0.2, -0.15) is 27.8 Å². The zero-order chi connectivity index (χ0) is 14.3. The minimum Gasteiger partial charge on any atom is -0.359 e. The maximum atomic E-state index is 12.9. The summed E-state index contributed by atoms with van der Waals surface area (Å²) in [5.41, 5.74) is -0.939. The quantitative estimate of drug-likeness (QED) is 0.865. The lowest BCUT2D eigenvalue weighted by molar-refractivity contribution is -0.141. The lowest BCUT2D eigenvalue weighted by Crippen LogP contribution is -2.23. The van der Waals surface area contributed by atoms with Crippen LogP contribution >= 0.6 is 0 Å². The monoisotopic (exact) mass is 285 g/mol. The van der Waals surface area contributed by atoms with Gasteiger partial charge >= 0.3 is 6.18 Å². The van der Waals surface area contributed by atoms with E-state index in [-0.39, 0.29) is 5.78 Å². The smallest absolute Gasteiger partial charge is 0.359 e. The van der Waals surface area contributed by atoms with Crippen LogP contribution in [0.5, 0.6) is 0 Å². The summed E-state index contributed by atoms with van der Waals surface area (Å²) >= 11 is 0. The predicted octanol–water partition coefficient (Wildman–Crippen LogP) is 2.38. The predicted molar refractivity (Wildman–Crippen MR) is 66.4 cm³/mol. The summed E-state index contributed by atoms with van der Waals surface area (Å²) in [7, 11) is 1.76. The summed E-state index contributed by atoms with van der Waals surface area (Å²) in [6.45, 7) is 0.695. The normalized spacial score (nSPS) is 15.8. The van der Waals surface area contributed by atoms with Gasteiger partial charge in [0.15, 0.2) is 5.69 Å². The number of aromatic nitrogens is 4. The number of nitrogens with zero attached hydrogens (tertiary/aromatic N) is 5. The van der Waals surface area contributed by atoms with Gasteiger partial charge in [-0.25, -0.2) is 4.98 Å². The van der Waals surface area contributed by atoms with Crippen LogP contribution < -0.4 is 4.90 Å². The average molecular weight is 285 g/mol. The van der Waals surface area contributed by atoms with Crippen LogP contribution in [0.15, 0.2) is 12.4 Å². The molecule has 1 aliphatic rings. The van der Waals surface area contributed by atoms with E-state index in [4.69, 9.17) is 0 Å². The van der Waals surface area contributed by atoms with E-state index < -0.39 is 11.9 Å². The maximum Gasteiger partial charge on any atom is 0.433 e. The van der Waals surface area contributed by atoms with Gasteiger partial charge in [0.1, 0.15) is 12.1 Å². The SMILES string of the molecule is CN(CCC1CC1)c1cc(C(F)(F)F)nc2ncnn12. The maximum absolute atomic E-state index is 12.9. The molecule has 2 aromatic heterocycles. The van der Waals surface area contributed by atoms with Gasteiger partial charge in [0.05, 0.1) is 0 Å². The van der Waals surface area contributed by atoms with Crippen LogP contribution in [-0.4, -0.2) is 33.2 Å². The molecule has 20 heavy (non-hydrogen) atoms. The first-order valence-corrected chi connectivity index (χ1v) is 6.44. The standard InChI is InChI=1S/C12H14F3N5/c1-19(5-4-8-2-3-8)10-6-9(12(13,14)15)18-11-16-7-17-20(10)11/h6-8H,2-5H2,1H3. The summed E-state index contributed by atoms with van der Waals surface area (Å²) in [6, 6.07) is 1.02. The van der Waals surface area contributed by atoms with Crippen molar-refractivity contribution in [3.05, 3.63) is 18.1 Å². The van der Waals surface area contributed by atoms with Gasteiger partial charge in [-0.05, 0) is 12.3 Å². The molecule has 108 valence electrons. The molecule has 0 saturated heterocycles. The van der Waals surface area contributed by atoms with Gasteiger partial charge in [-0.1, -0.05) is 12.8 Å². The first-order chi connectivity index (χ1) is 9.45. The molecule has 0 spiro atoms. The first-order valence-electron chi connectivity index (χ1n) is 6.44. The average Bonchev–Trinajstić information content (AvgIpc) is 3.09. The Bertz CT molecular complexity index is 617. The molecular formula is C12H14F3N5. The fraction of sp³-hybridized carbons (Fsp3) is 0.583. The molecule has 0 unspecified atom stereocenters. The highest BCUT2D eigenvalue weighted by Gasteiger charge is 2.34. The van der Waals surface area contributed by atoms with Gasteiger partial charge in [-0.3, -0.25) is 0 Å². The molecule has 5 nitrogen and oxygen atoms in total. The zero-order valence-electron chi connectivity index (χ0n) is 10.9. The highest BCUT2D eigenvalue weighted by atomic mass is 19.4. The van der Waals surface area contributed by atoms with E-state index in [0.717, 1.165) is 12.5 Å². The highest BCUT2D eigenvalue weighted by Crippen LogP contribution is 2.33. The molecule has 1 saturated carbocycles. The van der Waals surface area contributed by atoms with E-state index in [0.29, 0.717) is 18.3 Å². The van der Waals surface area contributed by atoms with Crippen LogP contribution in [0.1, 0.15) is 25.0 Å². The molecule has 8 heteroatoms. The molecule has 1 fully saturated rings. The third-order valence-electron chi connectivity index (χ3n) is 3.48. The van der Waals surface area contributed by atoms with Crippen molar-refractivity contribution in [3.8, 4) is 0 Å². The lowest BCUT2D eigenvalue weighted by atomic mass is 10.3. The molecule has 0 atom stereocenters. The third-order valence-corrected chi connectivity index (χ3v) is 3.48. The third kappa shape index (κ3) is 2.54. The number of halogens is 3. The fourth-order valence-electron chi connectivity index (χ4n) is 2.11. The molecule has 2 heterocycles. The Morgan fingerprint density at radius 3 is 2.80 bits per heavy atom. The van der Waals surface area contributed by atoms with Crippen LogP contribution in [0, 0.1) is 5.92 Å². The Kier molecular flexibility index (Phi) is 3.02. The zero-order valence-corrected chi connectivity index (χ0v) is 10.9. The largest absolute Gasteiger partial charge is 0.433 e. The first kappa shape index (κ1) is 13.1. The number of hydrogen-bond acceptors (Lipinski definition) is 4. The van der Waals surface area contributed by atoms with Gasteiger partial charge < -0.3 is 4.90 Å². The molecule has 1 aliphatic carbocycles. The van der Waals surface area contributed by atoms with Crippen LogP contribution in [0.4, 0.5) is 19.0 Å². The second-order valence-corrected chi connectivity index (χ2v) is 5.12. The van der Waals surface area contributed by atoms with Crippen molar-refractivity contribution in [1.29, 1.82) is 0 Å². The van der Waals surface area contributed by atoms with E-state index >= 15 is 0 Å². The minimum absolute atomic E-state index is 0.0342. The van der Waals surface area contributed by atoms with Crippen LogP contribution in [0.3, 0.4) is 0 Å². The Labute approximate surface area is 113 Å². The topological polar surface area (TPSA) is 46.3 Å². The van der Waals surface area contributed by atoms with Crippen LogP contribution in [0.25, 0.3) is 5.78 Å². The molecule has 0 aromatic carbocycles. The number of fused-ring (bicyclic) bond motifs is 1. The molecule has 2 aromatic rings. The van der Waals surface area contributed by atoms with E-state index in [1.807, 2.05) is 0 Å². The Morgan fingerprint density at radius 1 is 1.40 bits per heavy atom. The summed E-state index contributed by atoms with van der Waals surface area (Å²) < 4.78 is 39.9. The number of hydrogen-bond donors (Lipinski definition) is 0. The van der Waals surface area contributed by atoms with Crippen molar-refractivity contribution in [3.63, 3.8) is 0 Å². The lowest BCUT2D eigenvalue weighted by Gasteiger charge is -2.20. The van der Waals surface area contributed by atoms with Gasteiger partial charge in [0.25, 0.3) is 5.78 Å². The van der Waals surface area contributed by atoms with Crippen molar-refractivity contribution in [1.82, 2.24) is 19.6 Å². The van der Waals surface area contributed by atoms with E-state index in [1.54, 1.807) is 11.9 Å². The van der Waals surface area contributed by atoms with Crippen LogP contribution in [0.2, 0.25) is 0 Å². The summed E-state index contributed by atoms with van der Waals surface area (Å²) in [5.74, 6) is 1.04. The number of rotatable bonds is 4. The van der Waals surface area contributed by atoms with Gasteiger partial charge in [-0.15, -0.1) is 0 Å². The van der Waals surface area contributed by atoms with E-state index in [9.17, 15) is 13.2 Å². The van der Waals surface area contributed by atoms with E-state index in [2.05, 4.69) is 15.1 Å². The van der Waals surface area contributed by atoms with Crippen molar-refractivity contribution in [2.75, 3.05) is 18.5 Å². The van der Waals surface area contributed by atoms with Gasteiger partial charge in [0, 0.05) is 19.7 Å².